The average molecular weight is 421 g/mol. The summed E-state index contributed by atoms with van der Waals surface area (Å²) in [5.41, 5.74) is 4.63. The number of hydrazine groups is 1. The van der Waals surface area contributed by atoms with Crippen molar-refractivity contribution in [2.24, 2.45) is 0 Å². The average Bonchev–Trinajstić information content (AvgIpc) is 3.40. The van der Waals surface area contributed by atoms with E-state index < -0.39 is 0 Å². The van der Waals surface area contributed by atoms with Crippen LogP contribution in [-0.2, 0) is 6.42 Å². The fourth-order valence-corrected chi connectivity index (χ4v) is 3.56. The second-order valence-corrected chi connectivity index (χ2v) is 7.48. The van der Waals surface area contributed by atoms with Crippen molar-refractivity contribution in [2.45, 2.75) is 25.0 Å². The number of carbonyl (C=O) groups is 1. The van der Waals surface area contributed by atoms with Crippen LogP contribution in [0.1, 0.15) is 22.5 Å². The second kappa shape index (κ2) is 7.97. The number of nitrogens with zero attached hydrogens (tertiary/aromatic N) is 2. The van der Waals surface area contributed by atoms with Crippen LogP contribution in [0.5, 0.6) is 0 Å². The van der Waals surface area contributed by atoms with Gasteiger partial charge in [0.05, 0.1) is 22.5 Å². The Morgan fingerprint density at radius 1 is 1.29 bits per heavy atom. The van der Waals surface area contributed by atoms with Crippen molar-refractivity contribution in [3.8, 4) is 11.5 Å². The lowest BCUT2D eigenvalue weighted by Crippen LogP contribution is -2.45. The summed E-state index contributed by atoms with van der Waals surface area (Å²) in [6, 6.07) is 10.8. The van der Waals surface area contributed by atoms with Gasteiger partial charge in [-0.3, -0.25) is 10.2 Å². The topological polar surface area (TPSA) is 83.5 Å². The molecule has 9 heteroatoms. The van der Waals surface area contributed by atoms with E-state index in [0.717, 1.165) is 18.4 Å². The fourth-order valence-electron chi connectivity index (χ4n) is 3.24. The van der Waals surface area contributed by atoms with E-state index in [0.29, 0.717) is 21.6 Å². The number of aromatic nitrogens is 1. The highest BCUT2D eigenvalue weighted by atomic mass is 35.5. The summed E-state index contributed by atoms with van der Waals surface area (Å²) in [6.45, 7) is 0. The smallest absolute Gasteiger partial charge is 0.274 e. The molecule has 3 aromatic rings. The van der Waals surface area contributed by atoms with Gasteiger partial charge in [-0.05, 0) is 42.7 Å². The van der Waals surface area contributed by atoms with Gasteiger partial charge in [0.15, 0.2) is 11.5 Å². The third kappa shape index (κ3) is 4.07. The maximum atomic E-state index is 12.5. The zero-order valence-corrected chi connectivity index (χ0v) is 16.5. The van der Waals surface area contributed by atoms with Gasteiger partial charge in [0, 0.05) is 19.2 Å². The maximum absolute atomic E-state index is 12.5. The molecule has 0 bridgehead atoms. The molecule has 1 saturated heterocycles. The second-order valence-electron chi connectivity index (χ2n) is 6.67. The minimum absolute atomic E-state index is 0.156. The largest absolute Gasteiger partial charge is 0.461 e. The van der Waals surface area contributed by atoms with Crippen LogP contribution in [0.4, 0.5) is 0 Å². The predicted molar refractivity (Wildman–Crippen MR) is 105 cm³/mol. The molecule has 28 heavy (non-hydrogen) atoms. The van der Waals surface area contributed by atoms with E-state index in [1.54, 1.807) is 24.3 Å². The Bertz CT molecular complexity index is 973. The molecule has 1 aromatic carbocycles. The molecule has 0 spiro atoms. The molecule has 0 radical (unpaired) electrons. The first-order chi connectivity index (χ1) is 13.5. The van der Waals surface area contributed by atoms with Crippen molar-refractivity contribution in [3.05, 3.63) is 64.0 Å². The number of nitrogens with one attached hydrogen (secondary N) is 2. The van der Waals surface area contributed by atoms with Gasteiger partial charge in [0.25, 0.3) is 5.91 Å². The first-order valence-electron chi connectivity index (χ1n) is 8.74. The summed E-state index contributed by atoms with van der Waals surface area (Å²) in [5.74, 6) is 0.619. The molecule has 4 rings (SSSR count). The fraction of sp³-hybridized carbons (Fsp3) is 0.263. The SMILES string of the molecule is CN1NC(Cc2ccc(Cl)c(Cl)c2)CC1NC(=O)c1cc(-c2ccco2)on1. The molecule has 3 heterocycles. The number of amides is 1. The zero-order valence-electron chi connectivity index (χ0n) is 15.0. The summed E-state index contributed by atoms with van der Waals surface area (Å²) in [6.07, 6.45) is 2.85. The van der Waals surface area contributed by atoms with Crippen LogP contribution in [0.25, 0.3) is 11.5 Å². The third-order valence-electron chi connectivity index (χ3n) is 4.63. The molecule has 1 aliphatic heterocycles. The molecular weight excluding hydrogens is 403 g/mol. The zero-order chi connectivity index (χ0) is 19.7. The standard InChI is InChI=1S/C19H18Cl2N4O3/c1-25-18(9-12(23-25)7-11-4-5-13(20)14(21)8-11)22-19(26)15-10-17(28-24-15)16-3-2-6-27-16/h2-6,8,10,12,18,23H,7,9H2,1H3,(H,22,26). The van der Waals surface area contributed by atoms with Gasteiger partial charge in [-0.15, -0.1) is 0 Å². The highest BCUT2D eigenvalue weighted by Crippen LogP contribution is 2.25. The van der Waals surface area contributed by atoms with Crippen molar-refractivity contribution in [1.29, 1.82) is 0 Å². The summed E-state index contributed by atoms with van der Waals surface area (Å²) < 4.78 is 10.4. The maximum Gasteiger partial charge on any atom is 0.274 e. The predicted octanol–water partition coefficient (Wildman–Crippen LogP) is 3.75. The van der Waals surface area contributed by atoms with Gasteiger partial charge in [0.2, 0.25) is 5.76 Å². The van der Waals surface area contributed by atoms with Crippen LogP contribution < -0.4 is 10.7 Å². The van der Waals surface area contributed by atoms with Gasteiger partial charge < -0.3 is 14.3 Å². The Morgan fingerprint density at radius 2 is 2.14 bits per heavy atom. The highest BCUT2D eigenvalue weighted by Gasteiger charge is 2.31. The van der Waals surface area contributed by atoms with Crippen molar-refractivity contribution < 1.29 is 13.7 Å². The van der Waals surface area contributed by atoms with Crippen molar-refractivity contribution in [1.82, 2.24) is 20.9 Å². The van der Waals surface area contributed by atoms with Crippen LogP contribution in [-0.4, -0.2) is 35.3 Å². The Balaban J connectivity index is 1.37. The molecule has 146 valence electrons. The van der Waals surface area contributed by atoms with E-state index in [2.05, 4.69) is 15.9 Å². The van der Waals surface area contributed by atoms with Gasteiger partial charge >= 0.3 is 0 Å². The van der Waals surface area contributed by atoms with E-state index in [9.17, 15) is 4.79 Å². The van der Waals surface area contributed by atoms with E-state index in [4.69, 9.17) is 32.1 Å². The molecule has 1 amide bonds. The van der Waals surface area contributed by atoms with Crippen LogP contribution in [0.2, 0.25) is 10.0 Å². The molecular formula is C19H18Cl2N4O3. The number of hydrogen-bond donors (Lipinski definition) is 2. The Kier molecular flexibility index (Phi) is 5.41. The van der Waals surface area contributed by atoms with Crippen molar-refractivity contribution >= 4 is 29.1 Å². The number of carbonyl (C=O) groups excluding carboxylic acids is 1. The van der Waals surface area contributed by atoms with E-state index in [-0.39, 0.29) is 23.8 Å². The molecule has 2 N–H and O–H groups in total. The monoisotopic (exact) mass is 420 g/mol. The summed E-state index contributed by atoms with van der Waals surface area (Å²) >= 11 is 12.1. The summed E-state index contributed by atoms with van der Waals surface area (Å²) in [5, 5.41) is 9.75. The van der Waals surface area contributed by atoms with Gasteiger partial charge in [-0.1, -0.05) is 34.4 Å². The molecule has 1 aliphatic rings. The number of benzene rings is 1. The third-order valence-corrected chi connectivity index (χ3v) is 5.37. The van der Waals surface area contributed by atoms with Crippen molar-refractivity contribution in [3.63, 3.8) is 0 Å². The Morgan fingerprint density at radius 3 is 2.89 bits per heavy atom. The molecule has 2 unspecified atom stereocenters. The van der Waals surface area contributed by atoms with Gasteiger partial charge in [-0.2, -0.15) is 0 Å². The summed E-state index contributed by atoms with van der Waals surface area (Å²) in [7, 11) is 1.89. The molecule has 7 nitrogen and oxygen atoms in total. The molecule has 0 saturated carbocycles. The van der Waals surface area contributed by atoms with Gasteiger partial charge in [0.1, 0.15) is 0 Å². The molecule has 2 aromatic heterocycles. The quantitative estimate of drug-likeness (QED) is 0.653. The number of hydrogen-bond acceptors (Lipinski definition) is 6. The normalized spacial score (nSPS) is 19.8. The van der Waals surface area contributed by atoms with E-state index >= 15 is 0 Å². The minimum Gasteiger partial charge on any atom is -0.461 e. The number of rotatable bonds is 5. The lowest BCUT2D eigenvalue weighted by molar-refractivity contribution is 0.0870. The molecule has 1 fully saturated rings. The number of furan rings is 1. The Labute approximate surface area is 171 Å². The first-order valence-corrected chi connectivity index (χ1v) is 9.49. The van der Waals surface area contributed by atoms with Crippen LogP contribution >= 0.6 is 23.2 Å². The van der Waals surface area contributed by atoms with E-state index in [1.165, 1.54) is 6.26 Å². The first kappa shape index (κ1) is 19.0. The lowest BCUT2D eigenvalue weighted by Gasteiger charge is -2.19. The van der Waals surface area contributed by atoms with Gasteiger partial charge in [-0.25, -0.2) is 5.01 Å². The highest BCUT2D eigenvalue weighted by molar-refractivity contribution is 6.42. The van der Waals surface area contributed by atoms with Crippen LogP contribution in [0, 0.1) is 0 Å². The number of halogens is 2. The lowest BCUT2D eigenvalue weighted by atomic mass is 10.0. The van der Waals surface area contributed by atoms with E-state index in [1.807, 2.05) is 24.2 Å². The van der Waals surface area contributed by atoms with Crippen LogP contribution in [0.15, 0.2) is 51.6 Å². The minimum atomic E-state index is -0.310. The van der Waals surface area contributed by atoms with Crippen LogP contribution in [0.3, 0.4) is 0 Å². The van der Waals surface area contributed by atoms with Crippen molar-refractivity contribution in [2.75, 3.05) is 7.05 Å². The summed E-state index contributed by atoms with van der Waals surface area (Å²) in [4.78, 5) is 12.5. The Hall–Kier alpha value is -2.32. The molecule has 2 atom stereocenters. The molecule has 0 aliphatic carbocycles.